The number of aryl methyl sites for hydroxylation is 1. The van der Waals surface area contributed by atoms with Gasteiger partial charge in [0.05, 0.1) is 0 Å². The van der Waals surface area contributed by atoms with E-state index in [1.807, 2.05) is 36.1 Å². The highest BCUT2D eigenvalue weighted by Gasteiger charge is 2.25. The second-order valence-corrected chi connectivity index (χ2v) is 10.1. The molecule has 2 fully saturated rings. The number of benzene rings is 2. The van der Waals surface area contributed by atoms with Crippen molar-refractivity contribution in [3.63, 3.8) is 0 Å². The lowest BCUT2D eigenvalue weighted by molar-refractivity contribution is -0.122. The second-order valence-electron chi connectivity index (χ2n) is 10.1. The molecule has 182 valence electrons. The number of likely N-dealkylation sites (tertiary alicyclic amines) is 2. The van der Waals surface area contributed by atoms with Crippen molar-refractivity contribution < 1.29 is 9.59 Å². The number of carbonyl (C=O) groups excluding carboxylic acids is 2. The first-order chi connectivity index (χ1) is 16.6. The fraction of sp³-hybridized carbons (Fsp3) is 0.517. The van der Waals surface area contributed by atoms with Crippen LogP contribution in [0.2, 0.25) is 0 Å². The van der Waals surface area contributed by atoms with Gasteiger partial charge in [0, 0.05) is 38.2 Å². The smallest absolute Gasteiger partial charge is 0.253 e. The average Bonchev–Trinajstić information content (AvgIpc) is 2.86. The van der Waals surface area contributed by atoms with Crippen LogP contribution in [-0.2, 0) is 11.2 Å². The van der Waals surface area contributed by atoms with Gasteiger partial charge in [0.2, 0.25) is 5.91 Å². The van der Waals surface area contributed by atoms with Crippen molar-refractivity contribution in [2.75, 3.05) is 39.3 Å². The van der Waals surface area contributed by atoms with Crippen LogP contribution in [0.4, 0.5) is 0 Å². The van der Waals surface area contributed by atoms with Crippen molar-refractivity contribution >= 4 is 11.8 Å². The predicted molar refractivity (Wildman–Crippen MR) is 137 cm³/mol. The number of piperidine rings is 2. The lowest BCUT2D eigenvalue weighted by Crippen LogP contribution is -2.41. The minimum absolute atomic E-state index is 0.107. The highest BCUT2D eigenvalue weighted by molar-refractivity contribution is 5.94. The van der Waals surface area contributed by atoms with E-state index >= 15 is 0 Å². The van der Waals surface area contributed by atoms with Gasteiger partial charge in [-0.1, -0.05) is 48.0 Å². The lowest BCUT2D eigenvalue weighted by Gasteiger charge is -2.32. The molecular formula is C29H39N3O2. The van der Waals surface area contributed by atoms with Crippen molar-refractivity contribution in [3.8, 4) is 0 Å². The third kappa shape index (κ3) is 7.17. The number of hydrogen-bond acceptors (Lipinski definition) is 3. The molecule has 0 bridgehead atoms. The Labute approximate surface area is 204 Å². The van der Waals surface area contributed by atoms with Crippen molar-refractivity contribution in [2.24, 2.45) is 11.8 Å². The molecule has 0 aliphatic carbocycles. The van der Waals surface area contributed by atoms with Crippen molar-refractivity contribution in [3.05, 3.63) is 71.3 Å². The van der Waals surface area contributed by atoms with E-state index in [9.17, 15) is 9.59 Å². The monoisotopic (exact) mass is 461 g/mol. The Bertz CT molecular complexity index is 912. The van der Waals surface area contributed by atoms with Crippen LogP contribution in [0.25, 0.3) is 0 Å². The number of amides is 2. The van der Waals surface area contributed by atoms with E-state index in [1.165, 1.54) is 24.8 Å². The van der Waals surface area contributed by atoms with Gasteiger partial charge in [-0.2, -0.15) is 0 Å². The van der Waals surface area contributed by atoms with Crippen LogP contribution in [0.1, 0.15) is 53.6 Å². The van der Waals surface area contributed by atoms with Crippen LogP contribution in [-0.4, -0.2) is 60.9 Å². The maximum atomic E-state index is 12.7. The Kier molecular flexibility index (Phi) is 8.75. The molecule has 4 rings (SSSR count). The van der Waals surface area contributed by atoms with Gasteiger partial charge in [-0.25, -0.2) is 0 Å². The second kappa shape index (κ2) is 12.2. The van der Waals surface area contributed by atoms with E-state index in [2.05, 4.69) is 40.5 Å². The molecule has 2 saturated heterocycles. The molecule has 5 heteroatoms. The van der Waals surface area contributed by atoms with Gasteiger partial charge in [-0.3, -0.25) is 9.59 Å². The van der Waals surface area contributed by atoms with E-state index in [0.717, 1.165) is 69.2 Å². The highest BCUT2D eigenvalue weighted by atomic mass is 16.2. The first-order valence-corrected chi connectivity index (χ1v) is 13.0. The summed E-state index contributed by atoms with van der Waals surface area (Å²) in [4.78, 5) is 29.6. The Morgan fingerprint density at radius 1 is 0.853 bits per heavy atom. The zero-order valence-electron chi connectivity index (χ0n) is 20.5. The van der Waals surface area contributed by atoms with Gasteiger partial charge in [0.15, 0.2) is 0 Å². The molecule has 5 nitrogen and oxygen atoms in total. The summed E-state index contributed by atoms with van der Waals surface area (Å²) >= 11 is 0. The number of hydrogen-bond donors (Lipinski definition) is 1. The fourth-order valence-electron chi connectivity index (χ4n) is 5.27. The quantitative estimate of drug-likeness (QED) is 0.637. The first-order valence-electron chi connectivity index (χ1n) is 13.0. The third-order valence-corrected chi connectivity index (χ3v) is 7.50. The summed E-state index contributed by atoms with van der Waals surface area (Å²) in [6.45, 7) is 7.42. The molecular weight excluding hydrogens is 422 g/mol. The van der Waals surface area contributed by atoms with Gasteiger partial charge in [0.1, 0.15) is 0 Å². The van der Waals surface area contributed by atoms with Crippen LogP contribution < -0.4 is 5.32 Å². The summed E-state index contributed by atoms with van der Waals surface area (Å²) in [7, 11) is 0. The molecule has 0 spiro atoms. The minimum Gasteiger partial charge on any atom is -0.355 e. The Morgan fingerprint density at radius 2 is 1.50 bits per heavy atom. The maximum Gasteiger partial charge on any atom is 0.253 e. The Balaban J connectivity index is 1.08. The van der Waals surface area contributed by atoms with Crippen molar-refractivity contribution in [2.45, 2.75) is 45.4 Å². The molecule has 0 aromatic heterocycles. The standard InChI is InChI=1S/C29H39N3O2/c1-23-7-9-27(10-8-23)29(34)32-18-13-26(14-19-32)22-28(33)30-15-20-31-16-11-25(12-17-31)21-24-5-3-2-4-6-24/h2-10,25-26H,11-22H2,1H3,(H,30,33). The van der Waals surface area contributed by atoms with Crippen molar-refractivity contribution in [1.82, 2.24) is 15.1 Å². The number of carbonyl (C=O) groups is 2. The maximum absolute atomic E-state index is 12.7. The van der Waals surface area contributed by atoms with Gasteiger partial charge < -0.3 is 15.1 Å². The first kappa shape index (κ1) is 24.5. The molecule has 1 N–H and O–H groups in total. The predicted octanol–water partition coefficient (Wildman–Crippen LogP) is 4.31. The van der Waals surface area contributed by atoms with E-state index in [0.29, 0.717) is 12.3 Å². The SMILES string of the molecule is Cc1ccc(C(=O)N2CCC(CC(=O)NCCN3CCC(Cc4ccccc4)CC3)CC2)cc1. The van der Waals surface area contributed by atoms with Gasteiger partial charge in [0.25, 0.3) is 5.91 Å². The van der Waals surface area contributed by atoms with Crippen LogP contribution in [0.3, 0.4) is 0 Å². The molecule has 0 atom stereocenters. The fourth-order valence-corrected chi connectivity index (χ4v) is 5.27. The average molecular weight is 462 g/mol. The largest absolute Gasteiger partial charge is 0.355 e. The summed E-state index contributed by atoms with van der Waals surface area (Å²) in [5.41, 5.74) is 3.36. The molecule has 2 heterocycles. The highest BCUT2D eigenvalue weighted by Crippen LogP contribution is 2.23. The molecule has 2 amide bonds. The van der Waals surface area contributed by atoms with Gasteiger partial charge in [-0.05, 0) is 81.6 Å². The Morgan fingerprint density at radius 3 is 2.18 bits per heavy atom. The van der Waals surface area contributed by atoms with Crippen molar-refractivity contribution in [1.29, 1.82) is 0 Å². The summed E-state index contributed by atoms with van der Waals surface area (Å²) in [6.07, 6.45) is 6.04. The molecule has 2 aliphatic rings. The molecule has 0 unspecified atom stereocenters. The zero-order valence-corrected chi connectivity index (χ0v) is 20.5. The van der Waals surface area contributed by atoms with Gasteiger partial charge in [-0.15, -0.1) is 0 Å². The number of rotatable bonds is 8. The van der Waals surface area contributed by atoms with Crippen LogP contribution >= 0.6 is 0 Å². The van der Waals surface area contributed by atoms with E-state index in [-0.39, 0.29) is 11.8 Å². The third-order valence-electron chi connectivity index (χ3n) is 7.50. The van der Waals surface area contributed by atoms with Crippen LogP contribution in [0, 0.1) is 18.8 Å². The topological polar surface area (TPSA) is 52.7 Å². The molecule has 2 aliphatic heterocycles. The lowest BCUT2D eigenvalue weighted by atomic mass is 9.90. The number of nitrogens with one attached hydrogen (secondary N) is 1. The normalized spacial score (nSPS) is 18.1. The summed E-state index contributed by atoms with van der Waals surface area (Å²) in [6, 6.07) is 18.6. The van der Waals surface area contributed by atoms with Crippen LogP contribution in [0.5, 0.6) is 0 Å². The summed E-state index contributed by atoms with van der Waals surface area (Å²) < 4.78 is 0. The van der Waals surface area contributed by atoms with E-state index in [4.69, 9.17) is 0 Å². The molecule has 2 aromatic carbocycles. The van der Waals surface area contributed by atoms with E-state index in [1.54, 1.807) is 0 Å². The minimum atomic E-state index is 0.107. The van der Waals surface area contributed by atoms with Crippen LogP contribution in [0.15, 0.2) is 54.6 Å². The van der Waals surface area contributed by atoms with Gasteiger partial charge >= 0.3 is 0 Å². The molecule has 2 aromatic rings. The molecule has 0 radical (unpaired) electrons. The molecule has 34 heavy (non-hydrogen) atoms. The zero-order chi connectivity index (χ0) is 23.8. The Hall–Kier alpha value is -2.66. The summed E-state index contributed by atoms with van der Waals surface area (Å²) in [5.74, 6) is 1.41. The summed E-state index contributed by atoms with van der Waals surface area (Å²) in [5, 5.41) is 3.13. The van der Waals surface area contributed by atoms with E-state index < -0.39 is 0 Å². The molecule has 0 saturated carbocycles. The number of nitrogens with zero attached hydrogens (tertiary/aromatic N) is 2.